The number of rotatable bonds is 6. The maximum Gasteiger partial charge on any atom is 0.122 e. The maximum absolute atomic E-state index is 9.69. The summed E-state index contributed by atoms with van der Waals surface area (Å²) in [4.78, 5) is 0. The fraction of sp³-hybridized carbons (Fsp3) is 0.250. The average molecular weight is 273 g/mol. The Kier molecular flexibility index (Phi) is 4.85. The molecule has 2 rings (SSSR count). The van der Waals surface area contributed by atoms with Crippen molar-refractivity contribution in [3.8, 4) is 17.2 Å². The van der Waals surface area contributed by atoms with Crippen LogP contribution in [0.1, 0.15) is 11.1 Å². The molecular weight excluding hydrogens is 254 g/mol. The van der Waals surface area contributed by atoms with Gasteiger partial charge in [0.15, 0.2) is 0 Å². The standard InChI is InChI=1S/C16H19NO3/c1-19-14-7-12(8-15(9-14)20-2)10-17-11-13-5-3-4-6-16(13)18/h3-9,17-18H,10-11H2,1-2H3. The van der Waals surface area contributed by atoms with Crippen molar-refractivity contribution in [2.75, 3.05) is 14.2 Å². The highest BCUT2D eigenvalue weighted by Gasteiger charge is 2.03. The quantitative estimate of drug-likeness (QED) is 0.849. The van der Waals surface area contributed by atoms with Gasteiger partial charge in [-0.05, 0) is 23.8 Å². The Morgan fingerprint density at radius 3 is 2.20 bits per heavy atom. The maximum atomic E-state index is 9.69. The molecular formula is C16H19NO3. The summed E-state index contributed by atoms with van der Waals surface area (Å²) in [6, 6.07) is 13.1. The molecule has 0 aliphatic heterocycles. The van der Waals surface area contributed by atoms with E-state index in [1.54, 1.807) is 20.3 Å². The smallest absolute Gasteiger partial charge is 0.122 e. The second-order valence-electron chi connectivity index (χ2n) is 4.45. The Hall–Kier alpha value is -2.20. The molecule has 0 aliphatic carbocycles. The summed E-state index contributed by atoms with van der Waals surface area (Å²) in [6.07, 6.45) is 0. The van der Waals surface area contributed by atoms with Gasteiger partial charge in [0.25, 0.3) is 0 Å². The zero-order valence-corrected chi connectivity index (χ0v) is 11.7. The number of ether oxygens (including phenoxy) is 2. The van der Waals surface area contributed by atoms with E-state index in [1.807, 2.05) is 36.4 Å². The minimum absolute atomic E-state index is 0.309. The molecule has 0 radical (unpaired) electrons. The van der Waals surface area contributed by atoms with Gasteiger partial charge in [-0.25, -0.2) is 0 Å². The molecule has 0 saturated carbocycles. The molecule has 106 valence electrons. The molecule has 2 aromatic rings. The van der Waals surface area contributed by atoms with Crippen molar-refractivity contribution >= 4 is 0 Å². The van der Waals surface area contributed by atoms with Gasteiger partial charge in [0.05, 0.1) is 14.2 Å². The van der Waals surface area contributed by atoms with Gasteiger partial charge < -0.3 is 19.9 Å². The van der Waals surface area contributed by atoms with Gasteiger partial charge in [0.1, 0.15) is 17.2 Å². The molecule has 0 unspecified atom stereocenters. The van der Waals surface area contributed by atoms with E-state index in [0.717, 1.165) is 22.6 Å². The molecule has 2 N–H and O–H groups in total. The van der Waals surface area contributed by atoms with Crippen LogP contribution in [0.4, 0.5) is 0 Å². The van der Waals surface area contributed by atoms with Crippen molar-refractivity contribution in [2.45, 2.75) is 13.1 Å². The first-order valence-electron chi connectivity index (χ1n) is 6.42. The summed E-state index contributed by atoms with van der Waals surface area (Å²) in [6.45, 7) is 1.27. The first-order chi connectivity index (χ1) is 9.72. The summed E-state index contributed by atoms with van der Waals surface area (Å²) in [5.41, 5.74) is 1.94. The predicted molar refractivity (Wildman–Crippen MR) is 78.2 cm³/mol. The molecule has 0 amide bonds. The third-order valence-corrected chi connectivity index (χ3v) is 3.05. The third-order valence-electron chi connectivity index (χ3n) is 3.05. The van der Waals surface area contributed by atoms with E-state index >= 15 is 0 Å². The van der Waals surface area contributed by atoms with Crippen molar-refractivity contribution in [2.24, 2.45) is 0 Å². The number of hydrogen-bond acceptors (Lipinski definition) is 4. The third kappa shape index (κ3) is 3.65. The molecule has 0 spiro atoms. The van der Waals surface area contributed by atoms with Gasteiger partial charge in [0.2, 0.25) is 0 Å². The molecule has 0 saturated heterocycles. The number of methoxy groups -OCH3 is 2. The summed E-state index contributed by atoms with van der Waals surface area (Å²) >= 11 is 0. The topological polar surface area (TPSA) is 50.7 Å². The molecule has 0 fully saturated rings. The highest BCUT2D eigenvalue weighted by Crippen LogP contribution is 2.22. The van der Waals surface area contributed by atoms with Gasteiger partial charge in [-0.2, -0.15) is 0 Å². The van der Waals surface area contributed by atoms with Crippen LogP contribution >= 0.6 is 0 Å². The van der Waals surface area contributed by atoms with E-state index in [2.05, 4.69) is 5.32 Å². The molecule has 4 nitrogen and oxygen atoms in total. The lowest BCUT2D eigenvalue weighted by Gasteiger charge is -2.10. The van der Waals surface area contributed by atoms with Crippen molar-refractivity contribution in [1.29, 1.82) is 0 Å². The van der Waals surface area contributed by atoms with Crippen LogP contribution in [-0.2, 0) is 13.1 Å². The van der Waals surface area contributed by atoms with Crippen LogP contribution in [0.25, 0.3) is 0 Å². The highest BCUT2D eigenvalue weighted by atomic mass is 16.5. The lowest BCUT2D eigenvalue weighted by Crippen LogP contribution is -2.12. The van der Waals surface area contributed by atoms with Crippen LogP contribution in [0.2, 0.25) is 0 Å². The van der Waals surface area contributed by atoms with Gasteiger partial charge in [-0.1, -0.05) is 18.2 Å². The number of aromatic hydroxyl groups is 1. The first-order valence-corrected chi connectivity index (χ1v) is 6.42. The number of phenols is 1. The number of hydrogen-bond donors (Lipinski definition) is 2. The summed E-state index contributed by atoms with van der Waals surface area (Å²) < 4.78 is 10.5. The molecule has 0 aromatic heterocycles. The van der Waals surface area contributed by atoms with Gasteiger partial charge in [0, 0.05) is 24.7 Å². The summed E-state index contributed by atoms with van der Waals surface area (Å²) in [7, 11) is 3.27. The first kappa shape index (κ1) is 14.2. The number of phenolic OH excluding ortho intramolecular Hbond substituents is 1. The van der Waals surface area contributed by atoms with Crippen molar-refractivity contribution in [3.05, 3.63) is 53.6 Å². The molecule has 2 aromatic carbocycles. The largest absolute Gasteiger partial charge is 0.508 e. The minimum atomic E-state index is 0.309. The lowest BCUT2D eigenvalue weighted by molar-refractivity contribution is 0.393. The second kappa shape index (κ2) is 6.82. The normalized spacial score (nSPS) is 10.3. The van der Waals surface area contributed by atoms with E-state index in [4.69, 9.17) is 9.47 Å². The molecule has 4 heteroatoms. The molecule has 0 atom stereocenters. The van der Waals surface area contributed by atoms with Crippen LogP contribution in [0.3, 0.4) is 0 Å². The Morgan fingerprint density at radius 1 is 0.950 bits per heavy atom. The SMILES string of the molecule is COc1cc(CNCc2ccccc2O)cc(OC)c1. The van der Waals surface area contributed by atoms with E-state index in [1.165, 1.54) is 0 Å². The summed E-state index contributed by atoms with van der Waals surface area (Å²) in [5, 5.41) is 13.0. The van der Waals surface area contributed by atoms with E-state index in [0.29, 0.717) is 18.8 Å². The Morgan fingerprint density at radius 2 is 1.60 bits per heavy atom. The van der Waals surface area contributed by atoms with E-state index in [9.17, 15) is 5.11 Å². The Balaban J connectivity index is 1.99. The van der Waals surface area contributed by atoms with Crippen molar-refractivity contribution in [1.82, 2.24) is 5.32 Å². The molecule has 20 heavy (non-hydrogen) atoms. The lowest BCUT2D eigenvalue weighted by atomic mass is 10.1. The highest BCUT2D eigenvalue weighted by molar-refractivity contribution is 5.38. The van der Waals surface area contributed by atoms with Crippen LogP contribution in [0.5, 0.6) is 17.2 Å². The number of nitrogens with one attached hydrogen (secondary N) is 1. The van der Waals surface area contributed by atoms with Crippen LogP contribution in [0.15, 0.2) is 42.5 Å². The van der Waals surface area contributed by atoms with Crippen LogP contribution in [0, 0.1) is 0 Å². The van der Waals surface area contributed by atoms with Crippen molar-refractivity contribution in [3.63, 3.8) is 0 Å². The fourth-order valence-corrected chi connectivity index (χ4v) is 1.97. The zero-order valence-electron chi connectivity index (χ0n) is 11.7. The average Bonchev–Trinajstić information content (AvgIpc) is 2.48. The van der Waals surface area contributed by atoms with Gasteiger partial charge in [-0.15, -0.1) is 0 Å². The number of benzene rings is 2. The summed E-state index contributed by atoms with van der Waals surface area (Å²) in [5.74, 6) is 1.84. The second-order valence-corrected chi connectivity index (χ2v) is 4.45. The van der Waals surface area contributed by atoms with E-state index < -0.39 is 0 Å². The monoisotopic (exact) mass is 273 g/mol. The van der Waals surface area contributed by atoms with Crippen molar-refractivity contribution < 1.29 is 14.6 Å². The number of para-hydroxylation sites is 1. The van der Waals surface area contributed by atoms with Gasteiger partial charge in [-0.3, -0.25) is 0 Å². The zero-order chi connectivity index (χ0) is 14.4. The molecule has 0 aliphatic rings. The Labute approximate surface area is 119 Å². The van der Waals surface area contributed by atoms with Gasteiger partial charge >= 0.3 is 0 Å². The van der Waals surface area contributed by atoms with Crippen LogP contribution in [-0.4, -0.2) is 19.3 Å². The van der Waals surface area contributed by atoms with E-state index in [-0.39, 0.29) is 0 Å². The minimum Gasteiger partial charge on any atom is -0.508 e. The molecule has 0 heterocycles. The molecule has 0 bridgehead atoms. The predicted octanol–water partition coefficient (Wildman–Crippen LogP) is 2.70. The fourth-order valence-electron chi connectivity index (χ4n) is 1.97. The Bertz CT molecular complexity index is 547. The van der Waals surface area contributed by atoms with Crippen LogP contribution < -0.4 is 14.8 Å².